The summed E-state index contributed by atoms with van der Waals surface area (Å²) in [6, 6.07) is 0. The van der Waals surface area contributed by atoms with Crippen molar-refractivity contribution in [2.45, 2.75) is 37.4 Å². The summed E-state index contributed by atoms with van der Waals surface area (Å²) in [5.74, 6) is 4.94. The van der Waals surface area contributed by atoms with Crippen LogP contribution in [0.1, 0.15) is 25.7 Å². The minimum Gasteiger partial charge on any atom is -0.369 e. The Morgan fingerprint density at radius 3 is 2.80 bits per heavy atom. The standard InChI is InChI=1S/C7H13NO2/c8-9-5-6-1-2-7(10-6)3-4-7/h6H,1-5,8H2/t6-/m0/s1. The van der Waals surface area contributed by atoms with E-state index in [-0.39, 0.29) is 11.7 Å². The Hall–Kier alpha value is -0.120. The van der Waals surface area contributed by atoms with E-state index in [2.05, 4.69) is 4.84 Å². The molecule has 1 atom stereocenters. The third-order valence-electron chi connectivity index (χ3n) is 2.43. The molecule has 1 aliphatic heterocycles. The largest absolute Gasteiger partial charge is 0.369 e. The van der Waals surface area contributed by atoms with Gasteiger partial charge in [-0.15, -0.1) is 0 Å². The fourth-order valence-electron chi connectivity index (χ4n) is 1.63. The number of hydrogen-bond acceptors (Lipinski definition) is 3. The van der Waals surface area contributed by atoms with Crippen molar-refractivity contribution in [2.75, 3.05) is 6.61 Å². The summed E-state index contributed by atoms with van der Waals surface area (Å²) >= 11 is 0. The molecule has 3 heteroatoms. The number of rotatable bonds is 2. The van der Waals surface area contributed by atoms with Crippen LogP contribution in [0.2, 0.25) is 0 Å². The Balaban J connectivity index is 1.82. The maximum absolute atomic E-state index is 5.70. The lowest BCUT2D eigenvalue weighted by Gasteiger charge is -2.09. The minimum atomic E-state index is 0.271. The topological polar surface area (TPSA) is 44.5 Å². The van der Waals surface area contributed by atoms with Crippen LogP contribution in [-0.2, 0) is 9.57 Å². The molecule has 58 valence electrons. The summed E-state index contributed by atoms with van der Waals surface area (Å²) in [6.07, 6.45) is 5.09. The maximum atomic E-state index is 5.70. The zero-order valence-corrected chi connectivity index (χ0v) is 6.01. The molecule has 1 heterocycles. The molecule has 0 unspecified atom stereocenters. The highest BCUT2D eigenvalue weighted by molar-refractivity contribution is 5.00. The first-order valence-electron chi connectivity index (χ1n) is 3.84. The van der Waals surface area contributed by atoms with Crippen molar-refractivity contribution >= 4 is 0 Å². The fourth-order valence-corrected chi connectivity index (χ4v) is 1.63. The van der Waals surface area contributed by atoms with Gasteiger partial charge in [-0.2, -0.15) is 0 Å². The number of hydrogen-bond donors (Lipinski definition) is 1. The van der Waals surface area contributed by atoms with Crippen LogP contribution >= 0.6 is 0 Å². The van der Waals surface area contributed by atoms with Crippen molar-refractivity contribution < 1.29 is 9.57 Å². The van der Waals surface area contributed by atoms with Gasteiger partial charge >= 0.3 is 0 Å². The van der Waals surface area contributed by atoms with E-state index >= 15 is 0 Å². The van der Waals surface area contributed by atoms with Crippen molar-refractivity contribution in [3.05, 3.63) is 0 Å². The third-order valence-corrected chi connectivity index (χ3v) is 2.43. The molecule has 0 radical (unpaired) electrons. The van der Waals surface area contributed by atoms with Crippen molar-refractivity contribution in [1.82, 2.24) is 0 Å². The third kappa shape index (κ3) is 1.05. The molecule has 1 aliphatic carbocycles. The molecule has 0 aromatic heterocycles. The van der Waals surface area contributed by atoms with Crippen LogP contribution in [0.4, 0.5) is 0 Å². The van der Waals surface area contributed by atoms with E-state index in [4.69, 9.17) is 10.6 Å². The van der Waals surface area contributed by atoms with Crippen LogP contribution in [0, 0.1) is 0 Å². The number of ether oxygens (including phenoxy) is 1. The highest BCUT2D eigenvalue weighted by atomic mass is 16.6. The molecule has 0 aromatic rings. The molecule has 1 spiro atoms. The van der Waals surface area contributed by atoms with Gasteiger partial charge in [0.05, 0.1) is 18.3 Å². The zero-order valence-electron chi connectivity index (χ0n) is 6.01. The van der Waals surface area contributed by atoms with Gasteiger partial charge in [0.25, 0.3) is 0 Å². The molecule has 10 heavy (non-hydrogen) atoms. The first-order chi connectivity index (χ1) is 4.85. The van der Waals surface area contributed by atoms with E-state index in [0.29, 0.717) is 6.61 Å². The van der Waals surface area contributed by atoms with E-state index in [1.54, 1.807) is 0 Å². The average Bonchev–Trinajstić information content (AvgIpc) is 2.52. The van der Waals surface area contributed by atoms with Crippen molar-refractivity contribution in [3.8, 4) is 0 Å². The first-order valence-corrected chi connectivity index (χ1v) is 3.84. The summed E-state index contributed by atoms with van der Waals surface area (Å²) in [6.45, 7) is 0.557. The number of nitrogens with two attached hydrogens (primary N) is 1. The second-order valence-electron chi connectivity index (χ2n) is 3.29. The zero-order chi connectivity index (χ0) is 7.03. The Morgan fingerprint density at radius 1 is 1.50 bits per heavy atom. The van der Waals surface area contributed by atoms with E-state index in [9.17, 15) is 0 Å². The van der Waals surface area contributed by atoms with Gasteiger partial charge in [-0.1, -0.05) is 0 Å². The minimum absolute atomic E-state index is 0.271. The maximum Gasteiger partial charge on any atom is 0.0941 e. The smallest absolute Gasteiger partial charge is 0.0941 e. The summed E-state index contributed by atoms with van der Waals surface area (Å²) in [5, 5.41) is 0. The van der Waals surface area contributed by atoms with Gasteiger partial charge in [0.1, 0.15) is 0 Å². The Labute approximate surface area is 60.4 Å². The van der Waals surface area contributed by atoms with Gasteiger partial charge < -0.3 is 9.57 Å². The Kier molecular flexibility index (Phi) is 1.44. The molecule has 2 aliphatic rings. The second kappa shape index (κ2) is 2.19. The van der Waals surface area contributed by atoms with Gasteiger partial charge in [-0.05, 0) is 25.7 Å². The molecule has 0 aromatic carbocycles. The van der Waals surface area contributed by atoms with Crippen LogP contribution in [0.25, 0.3) is 0 Å². The lowest BCUT2D eigenvalue weighted by Crippen LogP contribution is -2.19. The van der Waals surface area contributed by atoms with Crippen LogP contribution in [0.15, 0.2) is 0 Å². The molecule has 2 rings (SSSR count). The predicted octanol–water partition coefficient (Wildman–Crippen LogP) is 0.588. The van der Waals surface area contributed by atoms with E-state index in [1.807, 2.05) is 0 Å². The van der Waals surface area contributed by atoms with Crippen molar-refractivity contribution in [2.24, 2.45) is 5.90 Å². The Bertz CT molecular complexity index is 134. The molecule has 1 saturated carbocycles. The Morgan fingerprint density at radius 2 is 2.30 bits per heavy atom. The molecule has 2 fully saturated rings. The highest BCUT2D eigenvalue weighted by Gasteiger charge is 2.49. The van der Waals surface area contributed by atoms with Gasteiger partial charge in [0, 0.05) is 0 Å². The summed E-state index contributed by atoms with van der Waals surface area (Å²) in [4.78, 5) is 4.52. The van der Waals surface area contributed by atoms with Gasteiger partial charge in [0.2, 0.25) is 0 Å². The van der Waals surface area contributed by atoms with Crippen LogP contribution in [-0.4, -0.2) is 18.3 Å². The van der Waals surface area contributed by atoms with Gasteiger partial charge in [-0.25, -0.2) is 5.90 Å². The molecule has 1 saturated heterocycles. The normalized spacial score (nSPS) is 35.1. The molecule has 0 bridgehead atoms. The molecular weight excluding hydrogens is 130 g/mol. The quantitative estimate of drug-likeness (QED) is 0.575. The van der Waals surface area contributed by atoms with Crippen molar-refractivity contribution in [3.63, 3.8) is 0 Å². The first kappa shape index (κ1) is 6.58. The molecule has 2 N–H and O–H groups in total. The van der Waals surface area contributed by atoms with Crippen LogP contribution < -0.4 is 5.90 Å². The van der Waals surface area contributed by atoms with Gasteiger partial charge in [-0.3, -0.25) is 0 Å². The highest BCUT2D eigenvalue weighted by Crippen LogP contribution is 2.49. The van der Waals surface area contributed by atoms with E-state index in [0.717, 1.165) is 6.42 Å². The lowest BCUT2D eigenvalue weighted by molar-refractivity contribution is -0.0259. The molecular formula is C7H13NO2. The monoisotopic (exact) mass is 143 g/mol. The van der Waals surface area contributed by atoms with E-state index < -0.39 is 0 Å². The summed E-state index contributed by atoms with van der Waals surface area (Å²) in [7, 11) is 0. The SMILES string of the molecule is NOC[C@@H]1CCC2(CC2)O1. The fraction of sp³-hybridized carbons (Fsp3) is 1.00. The van der Waals surface area contributed by atoms with E-state index in [1.165, 1.54) is 19.3 Å². The van der Waals surface area contributed by atoms with Crippen molar-refractivity contribution in [1.29, 1.82) is 0 Å². The molecule has 3 nitrogen and oxygen atoms in total. The van der Waals surface area contributed by atoms with Crippen LogP contribution in [0.5, 0.6) is 0 Å². The summed E-state index contributed by atoms with van der Waals surface area (Å²) < 4.78 is 5.70. The molecule has 0 amide bonds. The predicted molar refractivity (Wildman–Crippen MR) is 36.2 cm³/mol. The van der Waals surface area contributed by atoms with Crippen LogP contribution in [0.3, 0.4) is 0 Å². The second-order valence-corrected chi connectivity index (χ2v) is 3.29. The lowest BCUT2D eigenvalue weighted by atomic mass is 10.2. The van der Waals surface area contributed by atoms with Gasteiger partial charge in [0.15, 0.2) is 0 Å². The summed E-state index contributed by atoms with van der Waals surface area (Å²) in [5.41, 5.74) is 0.281. The average molecular weight is 143 g/mol.